The molecule has 1 saturated heterocycles. The van der Waals surface area contributed by atoms with Gasteiger partial charge in [0, 0.05) is 19.4 Å². The van der Waals surface area contributed by atoms with Crippen LogP contribution in [0, 0.1) is 0 Å². The zero-order valence-corrected chi connectivity index (χ0v) is 45.2. The average molecular weight is 1050 g/mol. The number of hydrogen-bond acceptors (Lipinski definition) is 17. The van der Waals surface area contributed by atoms with Gasteiger partial charge in [-0.3, -0.25) is 18.9 Å². The van der Waals surface area contributed by atoms with Gasteiger partial charge in [-0.25, -0.2) is 4.79 Å². The van der Waals surface area contributed by atoms with Crippen LogP contribution in [0.5, 0.6) is 0 Å². The number of ether oxygens (including phenoxy) is 5. The van der Waals surface area contributed by atoms with Gasteiger partial charge in [-0.1, -0.05) is 194 Å². The van der Waals surface area contributed by atoms with Crippen molar-refractivity contribution in [1.82, 2.24) is 10.6 Å². The Hall–Kier alpha value is -2.45. The number of aliphatic hydroxyl groups excluding tert-OH is 4. The first-order valence-corrected chi connectivity index (χ1v) is 29.3. The fourth-order valence-corrected chi connectivity index (χ4v) is 9.05. The monoisotopic (exact) mass is 1050 g/mol. The summed E-state index contributed by atoms with van der Waals surface area (Å²) >= 11 is 0. The maximum atomic E-state index is 12.8. The van der Waals surface area contributed by atoms with Crippen LogP contribution in [0.4, 0.5) is 4.79 Å². The minimum Gasteiger partial charge on any atom is -0.756 e. The summed E-state index contributed by atoms with van der Waals surface area (Å²) in [5, 5.41) is 43.8. The smallest absolute Gasteiger partial charge is 0.407 e. The summed E-state index contributed by atoms with van der Waals surface area (Å²) in [6.45, 7) is 0.859. The Kier molecular flexibility index (Phi) is 43.1. The van der Waals surface area contributed by atoms with Crippen molar-refractivity contribution in [3.05, 3.63) is 0 Å². The Morgan fingerprint density at radius 2 is 1.04 bits per heavy atom. The molecule has 0 aromatic rings. The highest BCUT2D eigenvalue weighted by molar-refractivity contribution is 7.45. The van der Waals surface area contributed by atoms with E-state index in [-0.39, 0.29) is 39.2 Å². The van der Waals surface area contributed by atoms with Crippen LogP contribution in [0.15, 0.2) is 0 Å². The van der Waals surface area contributed by atoms with Crippen molar-refractivity contribution < 1.29 is 81.8 Å². The number of amides is 2. The average Bonchev–Trinajstić information content (AvgIpc) is 3.35. The Balaban J connectivity index is 2.39. The predicted molar refractivity (Wildman–Crippen MR) is 272 cm³/mol. The summed E-state index contributed by atoms with van der Waals surface area (Å²) in [4.78, 5) is 62.2. The van der Waals surface area contributed by atoms with E-state index in [0.29, 0.717) is 12.8 Å². The molecule has 6 N–H and O–H groups in total. The SMILES string of the molecule is CCCCCCCCCCCCCCCCCC(=O)OC[C@H](COP(=O)([O-])OCCNC(=O)OCCOCC(=O)NC1C(O)OC(CO)C(O)C1O)OC(=O)CCCCCCCCCCCCCCCCC. The summed E-state index contributed by atoms with van der Waals surface area (Å²) in [7, 11) is -4.96. The van der Waals surface area contributed by atoms with Crippen molar-refractivity contribution in [1.29, 1.82) is 0 Å². The molecule has 19 nitrogen and oxygen atoms in total. The van der Waals surface area contributed by atoms with Gasteiger partial charge in [0.05, 0.1) is 26.4 Å². The van der Waals surface area contributed by atoms with Crippen LogP contribution in [0.1, 0.15) is 219 Å². The van der Waals surface area contributed by atoms with Crippen LogP contribution in [0.3, 0.4) is 0 Å². The van der Waals surface area contributed by atoms with E-state index in [9.17, 15) is 44.0 Å². The van der Waals surface area contributed by atoms with Gasteiger partial charge in [-0.15, -0.1) is 0 Å². The molecule has 20 heteroatoms. The number of unbranched alkanes of at least 4 members (excludes halogenated alkanes) is 28. The molecule has 0 aromatic heterocycles. The van der Waals surface area contributed by atoms with Gasteiger partial charge in [0.1, 0.15) is 44.2 Å². The van der Waals surface area contributed by atoms with Gasteiger partial charge >= 0.3 is 18.0 Å². The van der Waals surface area contributed by atoms with E-state index in [1.54, 1.807) is 0 Å². The fourth-order valence-electron chi connectivity index (χ4n) is 8.31. The number of phosphoric acid groups is 1. The molecule has 7 atom stereocenters. The Morgan fingerprint density at radius 3 is 1.51 bits per heavy atom. The van der Waals surface area contributed by atoms with Gasteiger partial charge in [-0.05, 0) is 12.8 Å². The maximum Gasteiger partial charge on any atom is 0.407 e. The first kappa shape index (κ1) is 67.6. The Bertz CT molecular complexity index is 1400. The fraction of sp³-hybridized carbons (Fsp3) is 0.923. The highest BCUT2D eigenvalue weighted by atomic mass is 31.2. The highest BCUT2D eigenvalue weighted by Crippen LogP contribution is 2.38. The third kappa shape index (κ3) is 38.2. The summed E-state index contributed by atoms with van der Waals surface area (Å²) in [5.41, 5.74) is 0. The zero-order valence-electron chi connectivity index (χ0n) is 44.3. The number of rotatable bonds is 49. The van der Waals surface area contributed by atoms with Crippen LogP contribution in [0.25, 0.3) is 0 Å². The molecule has 424 valence electrons. The molecule has 0 radical (unpaired) electrons. The summed E-state index contributed by atoms with van der Waals surface area (Å²) in [5.74, 6) is -1.81. The molecule has 72 heavy (non-hydrogen) atoms. The molecule has 1 aliphatic rings. The minimum atomic E-state index is -4.96. The molecule has 1 fully saturated rings. The van der Waals surface area contributed by atoms with Crippen molar-refractivity contribution in [2.75, 3.05) is 52.8 Å². The molecule has 0 saturated carbocycles. The zero-order chi connectivity index (χ0) is 52.9. The minimum absolute atomic E-state index is 0.127. The Morgan fingerprint density at radius 1 is 0.583 bits per heavy atom. The molecule has 0 aliphatic carbocycles. The summed E-state index contributed by atoms with van der Waals surface area (Å²) < 4.78 is 48.3. The number of hydrogen-bond donors (Lipinski definition) is 6. The summed E-state index contributed by atoms with van der Waals surface area (Å²) in [6, 6.07) is -1.39. The predicted octanol–water partition coefficient (Wildman–Crippen LogP) is 8.12. The van der Waals surface area contributed by atoms with Crippen molar-refractivity contribution >= 4 is 31.8 Å². The third-order valence-electron chi connectivity index (χ3n) is 12.7. The normalized spacial score (nSPS) is 19.1. The highest BCUT2D eigenvalue weighted by Gasteiger charge is 2.44. The van der Waals surface area contributed by atoms with Crippen LogP contribution in [-0.4, -0.2) is 134 Å². The topological polar surface area (TPSA) is 278 Å². The number of esters is 2. The van der Waals surface area contributed by atoms with Gasteiger partial charge in [0.25, 0.3) is 7.82 Å². The number of carbonyl (C=O) groups excluding carboxylic acids is 4. The van der Waals surface area contributed by atoms with E-state index in [1.807, 2.05) is 0 Å². The van der Waals surface area contributed by atoms with Crippen molar-refractivity contribution in [3.8, 4) is 0 Å². The lowest BCUT2D eigenvalue weighted by molar-refractivity contribution is -0.254. The molecule has 1 aliphatic heterocycles. The molecule has 0 aromatic carbocycles. The molecule has 6 unspecified atom stereocenters. The number of phosphoric ester groups is 1. The number of aliphatic hydroxyl groups is 4. The second-order valence-electron chi connectivity index (χ2n) is 19.2. The van der Waals surface area contributed by atoms with Crippen LogP contribution < -0.4 is 15.5 Å². The van der Waals surface area contributed by atoms with E-state index >= 15 is 0 Å². The Labute approximate surface area is 431 Å². The van der Waals surface area contributed by atoms with E-state index in [4.69, 9.17) is 37.8 Å². The van der Waals surface area contributed by atoms with Gasteiger partial charge in [0.2, 0.25) is 5.91 Å². The van der Waals surface area contributed by atoms with Crippen LogP contribution >= 0.6 is 7.82 Å². The first-order chi connectivity index (χ1) is 34.8. The van der Waals surface area contributed by atoms with Crippen molar-refractivity contribution in [2.24, 2.45) is 0 Å². The molecule has 0 spiro atoms. The van der Waals surface area contributed by atoms with Crippen molar-refractivity contribution in [2.45, 2.75) is 256 Å². The van der Waals surface area contributed by atoms with Crippen LogP contribution in [0.2, 0.25) is 0 Å². The first-order valence-electron chi connectivity index (χ1n) is 27.9. The summed E-state index contributed by atoms with van der Waals surface area (Å²) in [6.07, 6.45) is 27.9. The second kappa shape index (κ2) is 45.9. The maximum absolute atomic E-state index is 12.8. The number of carbonyl (C=O) groups is 4. The van der Waals surface area contributed by atoms with E-state index in [2.05, 4.69) is 24.5 Å². The standard InChI is InChI=1S/C52H99N2O17P/c1-3-5-7-9-11-13-15-17-19-21-23-25-27-29-31-33-46(57)67-40-43(70-47(58)34-32-30-28-26-24-22-20-18-16-14-12-10-8-6-4-2)41-69-72(63,64)68-36-35-53-52(62)66-38-37-65-42-45(56)54-48-50(60)49(59)44(39-55)71-51(48)61/h43-44,48-51,55,59-61H,3-42H2,1-2H3,(H,53,62)(H,54,56)(H,63,64)/p-1/t43-,44?,48?,49?,50?,51?/m1/s1. The molecular weight excluding hydrogens is 956 g/mol. The number of alkyl carbamates (subject to hydrolysis) is 1. The largest absolute Gasteiger partial charge is 0.756 e. The lowest BCUT2D eigenvalue weighted by atomic mass is 9.97. The second-order valence-corrected chi connectivity index (χ2v) is 20.6. The molecule has 1 rings (SSSR count). The number of nitrogens with one attached hydrogen (secondary N) is 2. The van der Waals surface area contributed by atoms with Gasteiger partial charge in [0.15, 0.2) is 12.4 Å². The molecule has 0 bridgehead atoms. The van der Waals surface area contributed by atoms with E-state index in [1.165, 1.54) is 141 Å². The quantitative estimate of drug-likeness (QED) is 0.0145. The van der Waals surface area contributed by atoms with E-state index in [0.717, 1.165) is 38.5 Å². The van der Waals surface area contributed by atoms with E-state index < -0.39 is 94.9 Å². The van der Waals surface area contributed by atoms with Gasteiger partial charge in [-0.2, -0.15) is 0 Å². The van der Waals surface area contributed by atoms with Crippen LogP contribution in [-0.2, 0) is 51.7 Å². The molecule has 1 heterocycles. The molecular formula is C52H98N2O17P-. The third-order valence-corrected chi connectivity index (χ3v) is 13.6. The van der Waals surface area contributed by atoms with Crippen molar-refractivity contribution in [3.63, 3.8) is 0 Å². The lowest BCUT2D eigenvalue weighted by Crippen LogP contribution is -2.64. The molecule has 2 amide bonds. The van der Waals surface area contributed by atoms with Gasteiger partial charge < -0.3 is 68.7 Å². The lowest BCUT2D eigenvalue weighted by Gasteiger charge is -2.40.